The number of aromatic nitrogens is 1. The Kier molecular flexibility index (Phi) is 3.27. The Morgan fingerprint density at radius 2 is 2.22 bits per heavy atom. The predicted molar refractivity (Wildman–Crippen MR) is 78.1 cm³/mol. The van der Waals surface area contributed by atoms with E-state index in [9.17, 15) is 0 Å². The van der Waals surface area contributed by atoms with Crippen LogP contribution in [-0.4, -0.2) is 4.98 Å². The predicted octanol–water partition coefficient (Wildman–Crippen LogP) is 4.60. The summed E-state index contributed by atoms with van der Waals surface area (Å²) in [4.78, 5) is 4.47. The van der Waals surface area contributed by atoms with Crippen LogP contribution in [0.2, 0.25) is 5.02 Å². The fraction of sp³-hybridized carbons (Fsp3) is 0.214. The Morgan fingerprint density at radius 1 is 1.33 bits per heavy atom. The molecule has 92 valence electrons. The van der Waals surface area contributed by atoms with Gasteiger partial charge in [-0.25, -0.2) is 0 Å². The van der Waals surface area contributed by atoms with Gasteiger partial charge in [0.1, 0.15) is 0 Å². The van der Waals surface area contributed by atoms with Crippen molar-refractivity contribution in [1.29, 1.82) is 0 Å². The van der Waals surface area contributed by atoms with Crippen molar-refractivity contribution in [2.75, 3.05) is 5.32 Å². The lowest BCUT2D eigenvalue weighted by Gasteiger charge is -2.15. The largest absolute Gasteiger partial charge is 0.377 e. The SMILES string of the molecule is Clc1cc(NC2CCc3cccnc32)ccc1Br. The van der Waals surface area contributed by atoms with Crippen molar-refractivity contribution in [2.45, 2.75) is 18.9 Å². The number of rotatable bonds is 2. The molecule has 2 aromatic rings. The number of benzene rings is 1. The normalized spacial score (nSPS) is 17.6. The maximum Gasteiger partial charge on any atom is 0.0691 e. The van der Waals surface area contributed by atoms with E-state index in [-0.39, 0.29) is 0 Å². The molecule has 1 heterocycles. The molecule has 1 aliphatic carbocycles. The van der Waals surface area contributed by atoms with Gasteiger partial charge in [0.15, 0.2) is 0 Å². The third kappa shape index (κ3) is 2.25. The summed E-state index contributed by atoms with van der Waals surface area (Å²) in [7, 11) is 0. The number of pyridine rings is 1. The minimum absolute atomic E-state index is 0.290. The van der Waals surface area contributed by atoms with Gasteiger partial charge in [0.25, 0.3) is 0 Å². The lowest BCUT2D eigenvalue weighted by Crippen LogP contribution is -2.08. The minimum Gasteiger partial charge on any atom is -0.377 e. The number of halogens is 2. The highest BCUT2D eigenvalue weighted by Gasteiger charge is 2.23. The molecule has 18 heavy (non-hydrogen) atoms. The molecule has 1 aromatic heterocycles. The topological polar surface area (TPSA) is 24.9 Å². The van der Waals surface area contributed by atoms with E-state index in [4.69, 9.17) is 11.6 Å². The third-order valence-corrected chi connectivity index (χ3v) is 4.45. The van der Waals surface area contributed by atoms with E-state index < -0.39 is 0 Å². The Hall–Kier alpha value is -1.06. The van der Waals surface area contributed by atoms with Gasteiger partial charge in [-0.2, -0.15) is 0 Å². The molecule has 0 fully saturated rings. The molecule has 1 aromatic carbocycles. The molecule has 1 aliphatic rings. The Labute approximate surface area is 120 Å². The lowest BCUT2D eigenvalue weighted by molar-refractivity contribution is 0.746. The van der Waals surface area contributed by atoms with Gasteiger partial charge in [-0.3, -0.25) is 4.98 Å². The number of hydrogen-bond donors (Lipinski definition) is 1. The lowest BCUT2D eigenvalue weighted by atomic mass is 10.2. The molecule has 0 bridgehead atoms. The molecule has 0 saturated heterocycles. The van der Waals surface area contributed by atoms with Crippen LogP contribution in [0.15, 0.2) is 41.0 Å². The monoisotopic (exact) mass is 322 g/mol. The summed E-state index contributed by atoms with van der Waals surface area (Å²) >= 11 is 9.49. The first-order valence-corrected chi connectivity index (χ1v) is 7.06. The van der Waals surface area contributed by atoms with Crippen molar-refractivity contribution in [3.05, 3.63) is 57.3 Å². The van der Waals surface area contributed by atoms with E-state index in [0.29, 0.717) is 6.04 Å². The first-order chi connectivity index (χ1) is 8.74. The van der Waals surface area contributed by atoms with Crippen LogP contribution in [0, 0.1) is 0 Å². The van der Waals surface area contributed by atoms with Gasteiger partial charge in [0, 0.05) is 16.4 Å². The van der Waals surface area contributed by atoms with Crippen LogP contribution >= 0.6 is 27.5 Å². The van der Waals surface area contributed by atoms with Crippen molar-refractivity contribution in [3.8, 4) is 0 Å². The van der Waals surface area contributed by atoms with Crippen LogP contribution in [0.5, 0.6) is 0 Å². The Morgan fingerprint density at radius 3 is 3.06 bits per heavy atom. The molecular weight excluding hydrogens is 312 g/mol. The zero-order valence-corrected chi connectivity index (χ0v) is 12.0. The molecule has 3 rings (SSSR count). The van der Waals surface area contributed by atoms with Gasteiger partial charge < -0.3 is 5.32 Å². The molecule has 0 spiro atoms. The van der Waals surface area contributed by atoms with Crippen LogP contribution in [0.4, 0.5) is 5.69 Å². The third-order valence-electron chi connectivity index (χ3n) is 3.22. The van der Waals surface area contributed by atoms with Crippen molar-refractivity contribution in [3.63, 3.8) is 0 Å². The summed E-state index contributed by atoms with van der Waals surface area (Å²) in [5.74, 6) is 0. The van der Waals surface area contributed by atoms with E-state index in [1.165, 1.54) is 5.56 Å². The zero-order chi connectivity index (χ0) is 12.5. The van der Waals surface area contributed by atoms with Gasteiger partial charge in [0.2, 0.25) is 0 Å². The molecule has 1 unspecified atom stereocenters. The highest BCUT2D eigenvalue weighted by Crippen LogP contribution is 2.33. The summed E-state index contributed by atoms with van der Waals surface area (Å²) in [6.45, 7) is 0. The number of anilines is 1. The number of aryl methyl sites for hydroxylation is 1. The Bertz CT molecular complexity index is 586. The van der Waals surface area contributed by atoms with Crippen LogP contribution < -0.4 is 5.32 Å². The summed E-state index contributed by atoms with van der Waals surface area (Å²) in [5, 5.41) is 4.22. The first kappa shape index (κ1) is 12.0. The quantitative estimate of drug-likeness (QED) is 0.874. The standard InChI is InChI=1S/C14H12BrClN2/c15-11-5-4-10(8-12(11)16)18-13-6-3-9-2-1-7-17-14(9)13/h1-2,4-5,7-8,13,18H,3,6H2. The molecule has 0 aliphatic heterocycles. The van der Waals surface area contributed by atoms with Crippen molar-refractivity contribution < 1.29 is 0 Å². The van der Waals surface area contributed by atoms with Crippen molar-refractivity contribution in [2.24, 2.45) is 0 Å². The van der Waals surface area contributed by atoms with Gasteiger partial charge in [-0.15, -0.1) is 0 Å². The molecule has 0 amide bonds. The smallest absolute Gasteiger partial charge is 0.0691 e. The van der Waals surface area contributed by atoms with E-state index in [1.54, 1.807) is 0 Å². The summed E-state index contributed by atoms with van der Waals surface area (Å²) in [6, 6.07) is 10.4. The first-order valence-electron chi connectivity index (χ1n) is 5.89. The van der Waals surface area contributed by atoms with Crippen LogP contribution in [0.1, 0.15) is 23.7 Å². The van der Waals surface area contributed by atoms with E-state index in [1.807, 2.05) is 30.5 Å². The number of fused-ring (bicyclic) bond motifs is 1. The number of nitrogens with one attached hydrogen (secondary N) is 1. The van der Waals surface area contributed by atoms with Crippen molar-refractivity contribution >= 4 is 33.2 Å². The summed E-state index contributed by atoms with van der Waals surface area (Å²) in [5.41, 5.74) is 3.54. The fourth-order valence-corrected chi connectivity index (χ4v) is 2.77. The molecule has 4 heteroatoms. The maximum atomic E-state index is 6.10. The average molecular weight is 324 g/mol. The van der Waals surface area contributed by atoms with Crippen LogP contribution in [0.3, 0.4) is 0 Å². The second kappa shape index (κ2) is 4.90. The average Bonchev–Trinajstić information content (AvgIpc) is 2.78. The minimum atomic E-state index is 0.290. The molecule has 1 atom stereocenters. The van der Waals surface area contributed by atoms with Gasteiger partial charge in [-0.05, 0) is 58.6 Å². The van der Waals surface area contributed by atoms with E-state index >= 15 is 0 Å². The van der Waals surface area contributed by atoms with Gasteiger partial charge >= 0.3 is 0 Å². The summed E-state index contributed by atoms with van der Waals surface area (Å²) < 4.78 is 0.916. The van der Waals surface area contributed by atoms with E-state index in [2.05, 4.69) is 32.3 Å². The molecule has 0 radical (unpaired) electrons. The second-order valence-electron chi connectivity index (χ2n) is 4.41. The summed E-state index contributed by atoms with van der Waals surface area (Å²) in [6.07, 6.45) is 4.03. The van der Waals surface area contributed by atoms with Crippen LogP contribution in [0.25, 0.3) is 0 Å². The van der Waals surface area contributed by atoms with E-state index in [0.717, 1.165) is 33.7 Å². The van der Waals surface area contributed by atoms with Crippen LogP contribution in [-0.2, 0) is 6.42 Å². The van der Waals surface area contributed by atoms with Gasteiger partial charge in [0.05, 0.1) is 16.8 Å². The number of nitrogens with zero attached hydrogens (tertiary/aromatic N) is 1. The maximum absolute atomic E-state index is 6.10. The zero-order valence-electron chi connectivity index (χ0n) is 9.66. The highest BCUT2D eigenvalue weighted by atomic mass is 79.9. The van der Waals surface area contributed by atoms with Crippen molar-refractivity contribution in [1.82, 2.24) is 4.98 Å². The fourth-order valence-electron chi connectivity index (χ4n) is 2.34. The Balaban J connectivity index is 1.84. The number of hydrogen-bond acceptors (Lipinski definition) is 2. The molecule has 0 saturated carbocycles. The molecular formula is C14H12BrClN2. The molecule has 2 nitrogen and oxygen atoms in total. The second-order valence-corrected chi connectivity index (χ2v) is 5.67. The highest BCUT2D eigenvalue weighted by molar-refractivity contribution is 9.10. The van der Waals surface area contributed by atoms with Gasteiger partial charge in [-0.1, -0.05) is 17.7 Å². The molecule has 1 N–H and O–H groups in total.